The van der Waals surface area contributed by atoms with Gasteiger partial charge in [0.05, 0.1) is 6.61 Å². The van der Waals surface area contributed by atoms with Crippen LogP contribution in [0.25, 0.3) is 0 Å². The van der Waals surface area contributed by atoms with E-state index in [9.17, 15) is 0 Å². The Hall–Kier alpha value is -0.680. The minimum absolute atomic E-state index is 0.324. The van der Waals surface area contributed by atoms with Crippen LogP contribution in [0.4, 0.5) is 5.82 Å². The zero-order valence-electron chi connectivity index (χ0n) is 10.8. The normalized spacial score (nSPS) is 12.8. The van der Waals surface area contributed by atoms with E-state index in [1.54, 1.807) is 7.11 Å². The second kappa shape index (κ2) is 6.91. The van der Waals surface area contributed by atoms with Crippen LogP contribution < -0.4 is 5.32 Å². The molecule has 1 heterocycles. The van der Waals surface area contributed by atoms with Gasteiger partial charge in [0.2, 0.25) is 0 Å². The van der Waals surface area contributed by atoms with Gasteiger partial charge in [-0.1, -0.05) is 20.8 Å². The van der Waals surface area contributed by atoms with E-state index in [1.165, 1.54) is 0 Å². The van der Waals surface area contributed by atoms with E-state index in [1.807, 2.05) is 6.07 Å². The third-order valence-corrected chi connectivity index (χ3v) is 2.72. The molecule has 1 atom stereocenters. The summed E-state index contributed by atoms with van der Waals surface area (Å²) < 4.78 is 5.91. The number of hydrogen-bond acceptors (Lipinski definition) is 4. The third-order valence-electron chi connectivity index (χ3n) is 2.31. The Morgan fingerprint density at radius 1 is 1.35 bits per heavy atom. The highest BCUT2D eigenvalue weighted by molar-refractivity contribution is 9.10. The van der Waals surface area contributed by atoms with Crippen molar-refractivity contribution < 1.29 is 4.74 Å². The van der Waals surface area contributed by atoms with Crippen LogP contribution in [0.3, 0.4) is 0 Å². The molecule has 1 aromatic rings. The van der Waals surface area contributed by atoms with Crippen molar-refractivity contribution in [2.24, 2.45) is 5.92 Å². The van der Waals surface area contributed by atoms with Crippen molar-refractivity contribution in [3.8, 4) is 0 Å². The molecule has 5 heteroatoms. The number of hydrogen-bond donors (Lipinski definition) is 1. The van der Waals surface area contributed by atoms with Crippen LogP contribution in [0, 0.1) is 5.92 Å². The minimum atomic E-state index is 0.324. The van der Waals surface area contributed by atoms with Crippen LogP contribution in [0.15, 0.2) is 10.7 Å². The first-order chi connectivity index (χ1) is 8.02. The molecular formula is C12H20BrN3O. The lowest BCUT2D eigenvalue weighted by Gasteiger charge is -2.13. The van der Waals surface area contributed by atoms with Crippen molar-refractivity contribution in [3.05, 3.63) is 16.5 Å². The first kappa shape index (κ1) is 14.4. The SMILES string of the molecule is COCC(C)CNc1cc(Br)nc(C(C)C)n1. The van der Waals surface area contributed by atoms with Gasteiger partial charge < -0.3 is 10.1 Å². The molecule has 0 bridgehead atoms. The number of aromatic nitrogens is 2. The lowest BCUT2D eigenvalue weighted by atomic mass is 10.2. The van der Waals surface area contributed by atoms with Crippen molar-refractivity contribution in [1.29, 1.82) is 0 Å². The molecule has 1 rings (SSSR count). The zero-order valence-corrected chi connectivity index (χ0v) is 12.4. The fourth-order valence-electron chi connectivity index (χ4n) is 1.41. The molecule has 1 aromatic heterocycles. The molecule has 0 aliphatic rings. The number of rotatable bonds is 6. The maximum Gasteiger partial charge on any atom is 0.134 e. The van der Waals surface area contributed by atoms with Gasteiger partial charge in [-0.2, -0.15) is 0 Å². The smallest absolute Gasteiger partial charge is 0.134 e. The zero-order chi connectivity index (χ0) is 12.8. The first-order valence-electron chi connectivity index (χ1n) is 5.80. The lowest BCUT2D eigenvalue weighted by molar-refractivity contribution is 0.164. The maximum atomic E-state index is 5.10. The van der Waals surface area contributed by atoms with Crippen LogP contribution in [0.5, 0.6) is 0 Å². The molecule has 1 N–H and O–H groups in total. The lowest BCUT2D eigenvalue weighted by Crippen LogP contribution is -2.17. The van der Waals surface area contributed by atoms with E-state index in [0.29, 0.717) is 11.8 Å². The number of anilines is 1. The standard InChI is InChI=1S/C12H20BrN3O/c1-8(2)12-15-10(13)5-11(16-12)14-6-9(3)7-17-4/h5,8-9H,6-7H2,1-4H3,(H,14,15,16). The molecule has 0 radical (unpaired) electrons. The Morgan fingerprint density at radius 3 is 2.65 bits per heavy atom. The highest BCUT2D eigenvalue weighted by atomic mass is 79.9. The molecule has 0 fully saturated rings. The third kappa shape index (κ3) is 5.00. The number of methoxy groups -OCH3 is 1. The highest BCUT2D eigenvalue weighted by Gasteiger charge is 2.07. The molecule has 17 heavy (non-hydrogen) atoms. The topological polar surface area (TPSA) is 47.0 Å². The molecule has 0 aromatic carbocycles. The summed E-state index contributed by atoms with van der Waals surface area (Å²) in [6, 6.07) is 1.89. The van der Waals surface area contributed by atoms with Gasteiger partial charge >= 0.3 is 0 Å². The van der Waals surface area contributed by atoms with Gasteiger partial charge in [-0.3, -0.25) is 0 Å². The summed E-state index contributed by atoms with van der Waals surface area (Å²) in [6.07, 6.45) is 0. The minimum Gasteiger partial charge on any atom is -0.384 e. The van der Waals surface area contributed by atoms with Gasteiger partial charge in [-0.15, -0.1) is 0 Å². The van der Waals surface area contributed by atoms with Crippen molar-refractivity contribution in [2.75, 3.05) is 25.6 Å². The van der Waals surface area contributed by atoms with E-state index in [2.05, 4.69) is 52.0 Å². The summed E-state index contributed by atoms with van der Waals surface area (Å²) in [6.45, 7) is 7.89. The van der Waals surface area contributed by atoms with Gasteiger partial charge in [-0.25, -0.2) is 9.97 Å². The van der Waals surface area contributed by atoms with Crippen LogP contribution in [0.1, 0.15) is 32.5 Å². The second-order valence-corrected chi connectivity index (χ2v) is 5.34. The number of ether oxygens (including phenoxy) is 1. The number of nitrogens with zero attached hydrogens (tertiary/aromatic N) is 2. The van der Waals surface area contributed by atoms with Gasteiger partial charge in [0.15, 0.2) is 0 Å². The quantitative estimate of drug-likeness (QED) is 0.820. The summed E-state index contributed by atoms with van der Waals surface area (Å²) in [5, 5.41) is 3.30. The summed E-state index contributed by atoms with van der Waals surface area (Å²) in [4.78, 5) is 8.81. The van der Waals surface area contributed by atoms with Crippen LogP contribution in [0.2, 0.25) is 0 Å². The van der Waals surface area contributed by atoms with Crippen molar-refractivity contribution in [1.82, 2.24) is 9.97 Å². The Balaban J connectivity index is 2.64. The predicted molar refractivity (Wildman–Crippen MR) is 73.4 cm³/mol. The molecule has 0 aliphatic heterocycles. The second-order valence-electron chi connectivity index (χ2n) is 4.53. The maximum absolute atomic E-state index is 5.10. The molecule has 0 saturated heterocycles. The number of halogens is 1. The van der Waals surface area contributed by atoms with Gasteiger partial charge in [-0.05, 0) is 21.8 Å². The summed E-state index contributed by atoms with van der Waals surface area (Å²) in [5.41, 5.74) is 0. The van der Waals surface area contributed by atoms with E-state index < -0.39 is 0 Å². The monoisotopic (exact) mass is 301 g/mol. The van der Waals surface area contributed by atoms with Crippen molar-refractivity contribution in [3.63, 3.8) is 0 Å². The van der Waals surface area contributed by atoms with E-state index in [4.69, 9.17) is 4.74 Å². The van der Waals surface area contributed by atoms with Crippen LogP contribution >= 0.6 is 15.9 Å². The van der Waals surface area contributed by atoms with E-state index in [-0.39, 0.29) is 0 Å². The predicted octanol–water partition coefficient (Wildman–Crippen LogP) is 3.06. The van der Waals surface area contributed by atoms with Gasteiger partial charge in [0.1, 0.15) is 16.2 Å². The molecule has 0 aliphatic carbocycles. The number of nitrogens with one attached hydrogen (secondary N) is 1. The molecule has 0 saturated carbocycles. The molecule has 1 unspecified atom stereocenters. The average Bonchev–Trinajstić information content (AvgIpc) is 2.26. The fourth-order valence-corrected chi connectivity index (χ4v) is 1.80. The Kier molecular flexibility index (Phi) is 5.85. The largest absolute Gasteiger partial charge is 0.384 e. The summed E-state index contributed by atoms with van der Waals surface area (Å²) in [7, 11) is 1.72. The first-order valence-corrected chi connectivity index (χ1v) is 6.59. The fraction of sp³-hybridized carbons (Fsp3) is 0.667. The molecule has 0 spiro atoms. The van der Waals surface area contributed by atoms with E-state index in [0.717, 1.165) is 29.4 Å². The molecule has 4 nitrogen and oxygen atoms in total. The summed E-state index contributed by atoms with van der Waals surface area (Å²) >= 11 is 3.40. The van der Waals surface area contributed by atoms with Crippen LogP contribution in [-0.4, -0.2) is 30.2 Å². The Morgan fingerprint density at radius 2 is 2.06 bits per heavy atom. The van der Waals surface area contributed by atoms with Gasteiger partial charge in [0.25, 0.3) is 0 Å². The van der Waals surface area contributed by atoms with Gasteiger partial charge in [0, 0.05) is 25.6 Å². The molecule has 0 amide bonds. The molecule has 96 valence electrons. The molecular weight excluding hydrogens is 282 g/mol. The van der Waals surface area contributed by atoms with Crippen molar-refractivity contribution >= 4 is 21.7 Å². The summed E-state index contributed by atoms with van der Waals surface area (Å²) in [5.74, 6) is 2.49. The van der Waals surface area contributed by atoms with Crippen molar-refractivity contribution in [2.45, 2.75) is 26.7 Å². The highest BCUT2D eigenvalue weighted by Crippen LogP contribution is 2.17. The van der Waals surface area contributed by atoms with Crippen LogP contribution in [-0.2, 0) is 4.74 Å². The average molecular weight is 302 g/mol. The Bertz CT molecular complexity index is 358. The van der Waals surface area contributed by atoms with E-state index >= 15 is 0 Å². The Labute approximate surface area is 111 Å².